The Bertz CT molecular complexity index is 1270. The number of carbonyl (C=O) groups excluding carboxylic acids is 1. The van der Waals surface area contributed by atoms with E-state index >= 15 is 0 Å². The van der Waals surface area contributed by atoms with E-state index in [0.717, 1.165) is 38.8 Å². The monoisotopic (exact) mass is 475 g/mol. The van der Waals surface area contributed by atoms with Gasteiger partial charge < -0.3 is 0 Å². The fraction of sp³-hybridized carbons (Fsp3) is 0.304. The predicted octanol–water partition coefficient (Wildman–Crippen LogP) is 5.16. The van der Waals surface area contributed by atoms with Gasteiger partial charge >= 0.3 is 0 Å². The fourth-order valence-corrected chi connectivity index (χ4v) is 5.66. The van der Waals surface area contributed by atoms with E-state index < -0.39 is 26.6 Å². The van der Waals surface area contributed by atoms with Crippen molar-refractivity contribution >= 4 is 32.4 Å². The van der Waals surface area contributed by atoms with Crippen LogP contribution in [0.4, 0.5) is 9.52 Å². The highest BCUT2D eigenvalue weighted by Crippen LogP contribution is 2.30. The largest absolute Gasteiger partial charge is 0.298 e. The van der Waals surface area contributed by atoms with Crippen molar-refractivity contribution in [1.82, 2.24) is 9.29 Å². The summed E-state index contributed by atoms with van der Waals surface area (Å²) in [5.74, 6) is -1.45. The maximum Gasteiger partial charge on any atom is 0.257 e. The van der Waals surface area contributed by atoms with Crippen molar-refractivity contribution in [1.29, 1.82) is 0 Å². The van der Waals surface area contributed by atoms with Gasteiger partial charge in [-0.2, -0.15) is 4.31 Å². The van der Waals surface area contributed by atoms with Gasteiger partial charge in [-0.05, 0) is 61.7 Å². The summed E-state index contributed by atoms with van der Waals surface area (Å²) in [7, 11) is -4.04. The van der Waals surface area contributed by atoms with Gasteiger partial charge in [-0.15, -0.1) is 11.3 Å². The normalized spacial score (nSPS) is 11.7. The first-order valence-electron chi connectivity index (χ1n) is 10.2. The Hall–Kier alpha value is -2.62. The van der Waals surface area contributed by atoms with Crippen molar-refractivity contribution in [3.63, 3.8) is 0 Å². The quantitative estimate of drug-likeness (QED) is 0.512. The summed E-state index contributed by atoms with van der Waals surface area (Å²) >= 11 is 1.27. The van der Waals surface area contributed by atoms with Crippen molar-refractivity contribution in [3.05, 3.63) is 63.8 Å². The molecule has 0 radical (unpaired) electrons. The third-order valence-corrected chi connectivity index (χ3v) is 8.18. The number of aromatic nitrogens is 1. The number of carbonyl (C=O) groups is 1. The van der Waals surface area contributed by atoms with Crippen LogP contribution in [-0.4, -0.2) is 36.7 Å². The molecule has 0 unspecified atom stereocenters. The average molecular weight is 476 g/mol. The zero-order valence-electron chi connectivity index (χ0n) is 18.7. The third-order valence-electron chi connectivity index (χ3n) is 5.36. The van der Waals surface area contributed by atoms with E-state index in [0.29, 0.717) is 5.13 Å². The smallest absolute Gasteiger partial charge is 0.257 e. The number of anilines is 1. The molecule has 1 aromatic heterocycles. The maximum atomic E-state index is 14.3. The maximum absolute atomic E-state index is 14.3. The molecule has 0 spiro atoms. The molecular weight excluding hydrogens is 449 g/mol. The molecule has 9 heteroatoms. The Morgan fingerprint density at radius 1 is 1.06 bits per heavy atom. The highest BCUT2D eigenvalue weighted by molar-refractivity contribution is 7.89. The molecule has 3 rings (SSSR count). The summed E-state index contributed by atoms with van der Waals surface area (Å²) < 4.78 is 40.9. The minimum absolute atomic E-state index is 0.0382. The molecule has 32 heavy (non-hydrogen) atoms. The molecule has 0 aliphatic carbocycles. The van der Waals surface area contributed by atoms with Gasteiger partial charge in [-0.25, -0.2) is 17.8 Å². The summed E-state index contributed by atoms with van der Waals surface area (Å²) in [5.41, 5.74) is 5.20. The second kappa shape index (κ2) is 9.48. The summed E-state index contributed by atoms with van der Waals surface area (Å²) in [5, 5.41) is 4.92. The lowest BCUT2D eigenvalue weighted by Gasteiger charge is -2.19. The zero-order chi connectivity index (χ0) is 23.6. The molecule has 6 nitrogen and oxygen atoms in total. The number of benzene rings is 2. The first kappa shape index (κ1) is 24.0. The number of hydrogen-bond acceptors (Lipinski definition) is 5. The van der Waals surface area contributed by atoms with Crippen LogP contribution in [-0.2, 0) is 10.0 Å². The van der Waals surface area contributed by atoms with Crippen molar-refractivity contribution < 1.29 is 17.6 Å². The molecule has 0 aliphatic rings. The molecule has 0 fully saturated rings. The van der Waals surface area contributed by atoms with E-state index in [1.807, 2.05) is 19.2 Å². The molecule has 0 aliphatic heterocycles. The third kappa shape index (κ3) is 4.74. The van der Waals surface area contributed by atoms with Gasteiger partial charge in [-0.1, -0.05) is 19.9 Å². The van der Waals surface area contributed by atoms with Crippen LogP contribution >= 0.6 is 11.3 Å². The molecule has 1 amide bonds. The van der Waals surface area contributed by atoms with Crippen LogP contribution in [0.5, 0.6) is 0 Å². The summed E-state index contributed by atoms with van der Waals surface area (Å²) in [6, 6.07) is 7.49. The number of amides is 1. The highest BCUT2D eigenvalue weighted by atomic mass is 32.2. The molecule has 0 bridgehead atoms. The Kier molecular flexibility index (Phi) is 7.12. The van der Waals surface area contributed by atoms with Crippen LogP contribution in [0, 0.1) is 26.6 Å². The van der Waals surface area contributed by atoms with E-state index in [9.17, 15) is 17.6 Å². The van der Waals surface area contributed by atoms with Crippen LogP contribution in [0.2, 0.25) is 0 Å². The Labute approximate surface area is 192 Å². The van der Waals surface area contributed by atoms with E-state index in [2.05, 4.69) is 29.4 Å². The summed E-state index contributed by atoms with van der Waals surface area (Å²) in [4.78, 5) is 16.7. The van der Waals surface area contributed by atoms with E-state index in [-0.39, 0.29) is 18.7 Å². The first-order valence-corrected chi connectivity index (χ1v) is 12.5. The number of nitrogens with zero attached hydrogens (tertiary/aromatic N) is 2. The van der Waals surface area contributed by atoms with E-state index in [1.54, 1.807) is 13.8 Å². The Balaban J connectivity index is 1.87. The second-order valence-electron chi connectivity index (χ2n) is 7.48. The second-order valence-corrected chi connectivity index (χ2v) is 10.2. The van der Waals surface area contributed by atoms with Gasteiger partial charge in [-0.3, -0.25) is 10.1 Å². The van der Waals surface area contributed by atoms with Crippen LogP contribution in [0.25, 0.3) is 11.3 Å². The first-order chi connectivity index (χ1) is 15.1. The molecule has 1 heterocycles. The van der Waals surface area contributed by atoms with Gasteiger partial charge in [0.1, 0.15) is 10.7 Å². The lowest BCUT2D eigenvalue weighted by molar-refractivity contribution is 0.102. The zero-order valence-corrected chi connectivity index (χ0v) is 20.3. The van der Waals surface area contributed by atoms with Crippen LogP contribution in [0.3, 0.4) is 0 Å². The Morgan fingerprint density at radius 2 is 1.72 bits per heavy atom. The standard InChI is InChI=1S/C23H26FN3O3S2/c1-6-27(7-2)32(29,30)21-12-17(8-9-19(21)24)22(28)26-23-25-20(13-31-23)18-11-15(4)14(3)10-16(18)5/h8-13H,6-7H2,1-5H3,(H,25,26,28). The fourth-order valence-electron chi connectivity index (χ4n) is 3.41. The number of sulfonamides is 1. The van der Waals surface area contributed by atoms with Gasteiger partial charge in [0.25, 0.3) is 5.91 Å². The summed E-state index contributed by atoms with van der Waals surface area (Å²) in [6.45, 7) is 9.85. The van der Waals surface area contributed by atoms with Crippen molar-refractivity contribution in [2.24, 2.45) is 0 Å². The van der Waals surface area contributed by atoms with Crippen LogP contribution < -0.4 is 5.32 Å². The average Bonchev–Trinajstić information content (AvgIpc) is 3.19. The van der Waals surface area contributed by atoms with E-state index in [4.69, 9.17) is 0 Å². The molecule has 0 saturated carbocycles. The van der Waals surface area contributed by atoms with Crippen LogP contribution in [0.1, 0.15) is 40.9 Å². The molecule has 1 N–H and O–H groups in total. The lowest BCUT2D eigenvalue weighted by Crippen LogP contribution is -2.31. The van der Waals surface area contributed by atoms with Gasteiger partial charge in [0.05, 0.1) is 5.69 Å². The minimum Gasteiger partial charge on any atom is -0.298 e. The molecule has 0 atom stereocenters. The SMILES string of the molecule is CCN(CC)S(=O)(=O)c1cc(C(=O)Nc2nc(-c3cc(C)c(C)cc3C)cs2)ccc1F. The number of thiazole rings is 1. The number of halogens is 1. The Morgan fingerprint density at radius 3 is 2.38 bits per heavy atom. The summed E-state index contributed by atoms with van der Waals surface area (Å²) in [6.07, 6.45) is 0. The lowest BCUT2D eigenvalue weighted by atomic mass is 9.99. The molecule has 2 aromatic carbocycles. The van der Waals surface area contributed by atoms with Gasteiger partial charge in [0, 0.05) is 29.6 Å². The number of aryl methyl sites for hydroxylation is 3. The molecule has 0 saturated heterocycles. The van der Waals surface area contributed by atoms with Gasteiger partial charge in [0.15, 0.2) is 5.13 Å². The van der Waals surface area contributed by atoms with Crippen molar-refractivity contribution in [2.45, 2.75) is 39.5 Å². The predicted molar refractivity (Wildman–Crippen MR) is 126 cm³/mol. The van der Waals surface area contributed by atoms with Gasteiger partial charge in [0.2, 0.25) is 10.0 Å². The number of hydrogen-bond donors (Lipinski definition) is 1. The molecule has 170 valence electrons. The van der Waals surface area contributed by atoms with E-state index in [1.165, 1.54) is 23.0 Å². The van der Waals surface area contributed by atoms with Crippen molar-refractivity contribution in [3.8, 4) is 11.3 Å². The number of rotatable bonds is 7. The molecular formula is C23H26FN3O3S2. The number of nitrogens with one attached hydrogen (secondary N) is 1. The van der Waals surface area contributed by atoms with Crippen molar-refractivity contribution in [2.75, 3.05) is 18.4 Å². The highest BCUT2D eigenvalue weighted by Gasteiger charge is 2.26. The molecule has 3 aromatic rings. The van der Waals surface area contributed by atoms with Crippen LogP contribution in [0.15, 0.2) is 40.6 Å². The minimum atomic E-state index is -4.04. The topological polar surface area (TPSA) is 79.4 Å².